The Morgan fingerprint density at radius 3 is 3.12 bits per heavy atom. The van der Waals surface area contributed by atoms with Gasteiger partial charge in [0, 0.05) is 13.1 Å². The molecule has 1 aromatic carbocycles. The maximum absolute atomic E-state index is 11.8. The largest absolute Gasteiger partial charge is 0.355 e. The predicted octanol–water partition coefficient (Wildman–Crippen LogP) is 1.26. The predicted molar refractivity (Wildman–Crippen MR) is 68.9 cm³/mol. The number of nitrogens with one attached hydrogen (secondary N) is 2. The number of hydrogen-bond donors (Lipinski definition) is 2. The molecule has 1 aromatic rings. The second-order valence-electron chi connectivity index (χ2n) is 4.72. The van der Waals surface area contributed by atoms with Crippen LogP contribution in [0.4, 0.5) is 0 Å². The minimum absolute atomic E-state index is 0.174. The molecule has 0 spiro atoms. The van der Waals surface area contributed by atoms with Gasteiger partial charge in [0.15, 0.2) is 0 Å². The van der Waals surface area contributed by atoms with E-state index in [1.165, 1.54) is 11.1 Å². The lowest BCUT2D eigenvalue weighted by Crippen LogP contribution is -2.33. The smallest absolute Gasteiger partial charge is 0.224 e. The Hall–Kier alpha value is -1.35. The Bertz CT molecular complexity index is 384. The number of rotatable bonds is 4. The van der Waals surface area contributed by atoms with Crippen LogP contribution < -0.4 is 10.6 Å². The summed E-state index contributed by atoms with van der Waals surface area (Å²) in [5.74, 6) is 0.371. The Kier molecular flexibility index (Phi) is 4.15. The molecule has 2 N–H and O–H groups in total. The van der Waals surface area contributed by atoms with Crippen molar-refractivity contribution in [2.75, 3.05) is 19.6 Å². The van der Waals surface area contributed by atoms with Gasteiger partial charge in [-0.1, -0.05) is 29.8 Å². The van der Waals surface area contributed by atoms with Crippen molar-refractivity contribution in [2.45, 2.75) is 19.8 Å². The summed E-state index contributed by atoms with van der Waals surface area (Å²) in [6.45, 7) is 4.62. The normalized spacial score (nSPS) is 19.2. The van der Waals surface area contributed by atoms with Crippen LogP contribution in [0.2, 0.25) is 0 Å². The summed E-state index contributed by atoms with van der Waals surface area (Å²) in [6.07, 6.45) is 1.88. The summed E-state index contributed by atoms with van der Waals surface area (Å²) in [7, 11) is 0. The molecule has 1 aliphatic heterocycles. The molecule has 1 atom stereocenters. The summed E-state index contributed by atoms with van der Waals surface area (Å²) in [5, 5.41) is 6.22. The van der Waals surface area contributed by atoms with E-state index >= 15 is 0 Å². The van der Waals surface area contributed by atoms with Crippen LogP contribution in [0.25, 0.3) is 0 Å². The number of amides is 1. The molecule has 0 aromatic heterocycles. The highest BCUT2D eigenvalue weighted by molar-refractivity contribution is 5.79. The second-order valence-corrected chi connectivity index (χ2v) is 4.72. The highest BCUT2D eigenvalue weighted by Crippen LogP contribution is 2.07. The molecule has 3 heteroatoms. The molecule has 1 aliphatic rings. The van der Waals surface area contributed by atoms with Gasteiger partial charge in [-0.05, 0) is 31.9 Å². The van der Waals surface area contributed by atoms with E-state index in [1.54, 1.807) is 0 Å². The number of hydrogen-bond acceptors (Lipinski definition) is 2. The van der Waals surface area contributed by atoms with Crippen molar-refractivity contribution < 1.29 is 4.79 Å². The molecular formula is C14H20N2O. The van der Waals surface area contributed by atoms with Gasteiger partial charge in [0.2, 0.25) is 5.91 Å². The number of aryl methyl sites for hydroxylation is 1. The zero-order valence-corrected chi connectivity index (χ0v) is 10.3. The number of carbonyl (C=O) groups excluding carboxylic acids is 1. The molecule has 0 saturated carbocycles. The molecule has 1 fully saturated rings. The number of carbonyl (C=O) groups is 1. The molecule has 0 aliphatic carbocycles. The number of benzene rings is 1. The van der Waals surface area contributed by atoms with E-state index in [-0.39, 0.29) is 11.8 Å². The van der Waals surface area contributed by atoms with Crippen molar-refractivity contribution in [1.29, 1.82) is 0 Å². The monoisotopic (exact) mass is 232 g/mol. The fourth-order valence-electron chi connectivity index (χ4n) is 2.22. The van der Waals surface area contributed by atoms with Gasteiger partial charge in [-0.2, -0.15) is 0 Å². The Balaban J connectivity index is 1.73. The Morgan fingerprint density at radius 1 is 1.53 bits per heavy atom. The SMILES string of the molecule is Cc1cccc(CCNC(=O)C2CCNC2)c1. The van der Waals surface area contributed by atoms with Gasteiger partial charge >= 0.3 is 0 Å². The van der Waals surface area contributed by atoms with Crippen molar-refractivity contribution >= 4 is 5.91 Å². The van der Waals surface area contributed by atoms with E-state index in [1.807, 2.05) is 0 Å². The molecule has 2 rings (SSSR count). The lowest BCUT2D eigenvalue weighted by molar-refractivity contribution is -0.124. The van der Waals surface area contributed by atoms with Gasteiger partial charge in [-0.25, -0.2) is 0 Å². The van der Waals surface area contributed by atoms with Crippen LogP contribution in [0, 0.1) is 12.8 Å². The van der Waals surface area contributed by atoms with Crippen molar-refractivity contribution in [1.82, 2.24) is 10.6 Å². The van der Waals surface area contributed by atoms with Crippen molar-refractivity contribution in [3.8, 4) is 0 Å². The van der Waals surface area contributed by atoms with Gasteiger partial charge in [0.1, 0.15) is 0 Å². The van der Waals surface area contributed by atoms with Crippen molar-refractivity contribution in [2.24, 2.45) is 5.92 Å². The zero-order chi connectivity index (χ0) is 12.1. The van der Waals surface area contributed by atoms with Gasteiger partial charge in [-0.15, -0.1) is 0 Å². The van der Waals surface area contributed by atoms with Crippen LogP contribution in [-0.4, -0.2) is 25.5 Å². The maximum atomic E-state index is 11.8. The Morgan fingerprint density at radius 2 is 2.41 bits per heavy atom. The zero-order valence-electron chi connectivity index (χ0n) is 10.3. The Labute approximate surface area is 103 Å². The molecule has 1 amide bonds. The van der Waals surface area contributed by atoms with E-state index in [2.05, 4.69) is 41.8 Å². The highest BCUT2D eigenvalue weighted by atomic mass is 16.1. The molecule has 3 nitrogen and oxygen atoms in total. The van der Waals surface area contributed by atoms with Gasteiger partial charge in [0.05, 0.1) is 5.92 Å². The molecule has 0 bridgehead atoms. The first kappa shape index (κ1) is 12.1. The van der Waals surface area contributed by atoms with Crippen LogP contribution in [0.15, 0.2) is 24.3 Å². The molecule has 92 valence electrons. The van der Waals surface area contributed by atoms with Crippen LogP contribution in [0.1, 0.15) is 17.5 Å². The average molecular weight is 232 g/mol. The summed E-state index contributed by atoms with van der Waals surface area (Å²) in [6, 6.07) is 8.43. The summed E-state index contributed by atoms with van der Waals surface area (Å²) >= 11 is 0. The molecule has 0 radical (unpaired) electrons. The first-order valence-electron chi connectivity index (χ1n) is 6.29. The van der Waals surface area contributed by atoms with Crippen molar-refractivity contribution in [3.63, 3.8) is 0 Å². The lowest BCUT2D eigenvalue weighted by atomic mass is 10.1. The van der Waals surface area contributed by atoms with Crippen molar-refractivity contribution in [3.05, 3.63) is 35.4 Å². The molecule has 1 saturated heterocycles. The topological polar surface area (TPSA) is 41.1 Å². The summed E-state index contributed by atoms with van der Waals surface area (Å²) < 4.78 is 0. The minimum atomic E-state index is 0.174. The quantitative estimate of drug-likeness (QED) is 0.820. The van der Waals surface area contributed by atoms with Gasteiger partial charge in [0.25, 0.3) is 0 Å². The summed E-state index contributed by atoms with van der Waals surface area (Å²) in [4.78, 5) is 11.8. The van der Waals surface area contributed by atoms with E-state index in [4.69, 9.17) is 0 Å². The fraction of sp³-hybridized carbons (Fsp3) is 0.500. The third-order valence-electron chi connectivity index (χ3n) is 3.23. The second kappa shape index (κ2) is 5.82. The minimum Gasteiger partial charge on any atom is -0.355 e. The fourth-order valence-corrected chi connectivity index (χ4v) is 2.22. The van der Waals surface area contributed by atoms with Gasteiger partial charge < -0.3 is 10.6 Å². The molecular weight excluding hydrogens is 212 g/mol. The molecule has 17 heavy (non-hydrogen) atoms. The van der Waals surface area contributed by atoms with Crippen LogP contribution in [-0.2, 0) is 11.2 Å². The standard InChI is InChI=1S/C14H20N2O/c1-11-3-2-4-12(9-11)5-8-16-14(17)13-6-7-15-10-13/h2-4,9,13,15H,5-8,10H2,1H3,(H,16,17). The molecule has 1 heterocycles. The lowest BCUT2D eigenvalue weighted by Gasteiger charge is -2.09. The molecule has 1 unspecified atom stereocenters. The summed E-state index contributed by atoms with van der Waals surface area (Å²) in [5.41, 5.74) is 2.56. The van der Waals surface area contributed by atoms with E-state index in [0.29, 0.717) is 0 Å². The van der Waals surface area contributed by atoms with E-state index < -0.39 is 0 Å². The maximum Gasteiger partial charge on any atom is 0.224 e. The van der Waals surface area contributed by atoms with Crippen LogP contribution >= 0.6 is 0 Å². The van der Waals surface area contributed by atoms with E-state index in [9.17, 15) is 4.79 Å². The van der Waals surface area contributed by atoms with Crippen LogP contribution in [0.3, 0.4) is 0 Å². The first-order chi connectivity index (χ1) is 8.25. The highest BCUT2D eigenvalue weighted by Gasteiger charge is 2.21. The van der Waals surface area contributed by atoms with Gasteiger partial charge in [-0.3, -0.25) is 4.79 Å². The van der Waals surface area contributed by atoms with Crippen LogP contribution in [0.5, 0.6) is 0 Å². The van der Waals surface area contributed by atoms with E-state index in [0.717, 1.165) is 32.5 Å². The third-order valence-corrected chi connectivity index (χ3v) is 3.23. The third kappa shape index (κ3) is 3.56. The average Bonchev–Trinajstić information content (AvgIpc) is 2.82. The first-order valence-corrected chi connectivity index (χ1v) is 6.29.